The first-order valence-corrected chi connectivity index (χ1v) is 5.61. The lowest BCUT2D eigenvalue weighted by Gasteiger charge is -2.01. The van der Waals surface area contributed by atoms with Crippen LogP contribution in [-0.4, -0.2) is 7.11 Å². The van der Waals surface area contributed by atoms with Gasteiger partial charge in [-0.3, -0.25) is 0 Å². The van der Waals surface area contributed by atoms with Gasteiger partial charge in [0.1, 0.15) is 11.5 Å². The first-order chi connectivity index (χ1) is 8.78. The van der Waals surface area contributed by atoms with Crippen molar-refractivity contribution in [2.24, 2.45) is 0 Å². The summed E-state index contributed by atoms with van der Waals surface area (Å²) < 4.78 is 10.5. The Labute approximate surface area is 106 Å². The van der Waals surface area contributed by atoms with E-state index >= 15 is 0 Å². The molecule has 0 radical (unpaired) electrons. The lowest BCUT2D eigenvalue weighted by Crippen LogP contribution is -1.85. The molecule has 3 nitrogen and oxygen atoms in total. The van der Waals surface area contributed by atoms with Crippen LogP contribution in [0.5, 0.6) is 11.5 Å². The van der Waals surface area contributed by atoms with E-state index in [1.165, 1.54) is 0 Å². The van der Waals surface area contributed by atoms with E-state index in [9.17, 15) is 0 Å². The Morgan fingerprint density at radius 1 is 0.889 bits per heavy atom. The zero-order valence-electron chi connectivity index (χ0n) is 10.2. The first-order valence-electron chi connectivity index (χ1n) is 5.61. The molecule has 3 heteroatoms. The van der Waals surface area contributed by atoms with E-state index in [-0.39, 0.29) is 0 Å². The number of hydrogen-bond acceptors (Lipinski definition) is 3. The van der Waals surface area contributed by atoms with Crippen LogP contribution >= 0.6 is 0 Å². The van der Waals surface area contributed by atoms with Crippen LogP contribution in [-0.2, 0) is 0 Å². The second-order valence-electron chi connectivity index (χ2n) is 3.76. The summed E-state index contributed by atoms with van der Waals surface area (Å²) >= 11 is 0. The summed E-state index contributed by atoms with van der Waals surface area (Å²) in [7, 11) is 1.65. The molecule has 18 heavy (non-hydrogen) atoms. The van der Waals surface area contributed by atoms with Gasteiger partial charge >= 0.3 is 0 Å². The second-order valence-corrected chi connectivity index (χ2v) is 3.76. The van der Waals surface area contributed by atoms with Gasteiger partial charge in [0.05, 0.1) is 13.4 Å². The number of benzene rings is 2. The third kappa shape index (κ3) is 3.28. The highest BCUT2D eigenvalue weighted by atomic mass is 16.5. The molecule has 0 atom stereocenters. The highest BCUT2D eigenvalue weighted by molar-refractivity contribution is 5.50. The summed E-state index contributed by atoms with van der Waals surface area (Å²) in [6.45, 7) is 0. The van der Waals surface area contributed by atoms with E-state index < -0.39 is 0 Å². The summed E-state index contributed by atoms with van der Waals surface area (Å²) in [5.41, 5.74) is 7.36. The predicted octanol–water partition coefficient (Wildman–Crippen LogP) is 3.33. The molecule has 0 amide bonds. The molecule has 0 bridgehead atoms. The van der Waals surface area contributed by atoms with Crippen molar-refractivity contribution in [2.45, 2.75) is 0 Å². The van der Waals surface area contributed by atoms with Crippen molar-refractivity contribution in [2.75, 3.05) is 12.8 Å². The van der Waals surface area contributed by atoms with Gasteiger partial charge in [0.25, 0.3) is 0 Å². The maximum absolute atomic E-state index is 5.59. The van der Waals surface area contributed by atoms with Crippen LogP contribution in [0.3, 0.4) is 0 Å². The number of anilines is 1. The second kappa shape index (κ2) is 5.77. The summed E-state index contributed by atoms with van der Waals surface area (Å²) in [5, 5.41) is 0. The van der Waals surface area contributed by atoms with Gasteiger partial charge in [0.2, 0.25) is 0 Å². The Hall–Kier alpha value is -2.42. The molecule has 2 aromatic carbocycles. The zero-order valence-corrected chi connectivity index (χ0v) is 10.2. The van der Waals surface area contributed by atoms with Crippen molar-refractivity contribution in [3.8, 4) is 11.5 Å². The van der Waals surface area contributed by atoms with E-state index in [1.807, 2.05) is 42.5 Å². The van der Waals surface area contributed by atoms with E-state index in [1.54, 1.807) is 25.5 Å². The molecule has 0 aliphatic heterocycles. The van der Waals surface area contributed by atoms with Crippen molar-refractivity contribution < 1.29 is 9.47 Å². The molecule has 0 spiro atoms. The molecule has 0 aliphatic rings. The van der Waals surface area contributed by atoms with Gasteiger partial charge in [-0.05, 0) is 48.0 Å². The van der Waals surface area contributed by atoms with E-state index in [0.717, 1.165) is 22.7 Å². The van der Waals surface area contributed by atoms with Gasteiger partial charge in [-0.15, -0.1) is 0 Å². The lowest BCUT2D eigenvalue weighted by molar-refractivity contribution is 0.415. The van der Waals surface area contributed by atoms with Crippen LogP contribution in [0.2, 0.25) is 0 Å². The Balaban J connectivity index is 1.96. The zero-order chi connectivity index (χ0) is 12.8. The van der Waals surface area contributed by atoms with Crippen molar-refractivity contribution in [3.63, 3.8) is 0 Å². The van der Waals surface area contributed by atoms with Crippen LogP contribution < -0.4 is 15.2 Å². The van der Waals surface area contributed by atoms with Gasteiger partial charge in [0, 0.05) is 5.69 Å². The number of hydrogen-bond donors (Lipinski definition) is 1. The van der Waals surface area contributed by atoms with Gasteiger partial charge in [0.15, 0.2) is 0 Å². The van der Waals surface area contributed by atoms with E-state index in [2.05, 4.69) is 0 Å². The number of ether oxygens (including phenoxy) is 2. The molecule has 0 fully saturated rings. The lowest BCUT2D eigenvalue weighted by atomic mass is 10.2. The number of methoxy groups -OCH3 is 1. The molecule has 0 saturated heterocycles. The topological polar surface area (TPSA) is 44.5 Å². The number of nitrogens with two attached hydrogens (primary N) is 1. The SMILES string of the molecule is COc1ccc(C=COc2ccc(N)cc2)cc1. The minimum Gasteiger partial charge on any atom is -0.497 e. The monoisotopic (exact) mass is 241 g/mol. The minimum atomic E-state index is 0.724. The van der Waals surface area contributed by atoms with Crippen molar-refractivity contribution in [1.82, 2.24) is 0 Å². The van der Waals surface area contributed by atoms with Gasteiger partial charge in [-0.2, -0.15) is 0 Å². The smallest absolute Gasteiger partial charge is 0.126 e. The van der Waals surface area contributed by atoms with Crippen molar-refractivity contribution >= 4 is 11.8 Å². The molecule has 92 valence electrons. The quantitative estimate of drug-likeness (QED) is 0.659. The Morgan fingerprint density at radius 2 is 1.50 bits per heavy atom. The Kier molecular flexibility index (Phi) is 3.86. The molecule has 0 aliphatic carbocycles. The van der Waals surface area contributed by atoms with Crippen LogP contribution in [0.15, 0.2) is 54.8 Å². The highest BCUT2D eigenvalue weighted by Crippen LogP contribution is 2.15. The first kappa shape index (κ1) is 12.0. The normalized spacial score (nSPS) is 10.5. The van der Waals surface area contributed by atoms with Gasteiger partial charge in [-0.1, -0.05) is 12.1 Å². The fraction of sp³-hybridized carbons (Fsp3) is 0.0667. The molecule has 2 aromatic rings. The summed E-state index contributed by atoms with van der Waals surface area (Å²) in [6, 6.07) is 15.0. The number of nitrogen functional groups attached to an aromatic ring is 1. The van der Waals surface area contributed by atoms with Crippen LogP contribution in [0.4, 0.5) is 5.69 Å². The fourth-order valence-electron chi connectivity index (χ4n) is 1.45. The molecule has 2 N–H and O–H groups in total. The standard InChI is InChI=1S/C15H15NO2/c1-17-14-6-2-12(3-7-14)10-11-18-15-8-4-13(16)5-9-15/h2-11H,16H2,1H3. The molecular formula is C15H15NO2. The van der Waals surface area contributed by atoms with Crippen molar-refractivity contribution in [3.05, 3.63) is 60.4 Å². The molecular weight excluding hydrogens is 226 g/mol. The molecule has 0 unspecified atom stereocenters. The van der Waals surface area contributed by atoms with Crippen LogP contribution in [0.25, 0.3) is 6.08 Å². The number of rotatable bonds is 4. The summed E-state index contributed by atoms with van der Waals surface area (Å²) in [4.78, 5) is 0. The molecule has 0 heterocycles. The van der Waals surface area contributed by atoms with Crippen molar-refractivity contribution in [1.29, 1.82) is 0 Å². The third-order valence-corrected chi connectivity index (χ3v) is 2.46. The Morgan fingerprint density at radius 3 is 2.11 bits per heavy atom. The molecule has 0 saturated carbocycles. The van der Waals surface area contributed by atoms with Crippen LogP contribution in [0, 0.1) is 0 Å². The maximum Gasteiger partial charge on any atom is 0.126 e. The maximum atomic E-state index is 5.59. The largest absolute Gasteiger partial charge is 0.497 e. The molecule has 0 aromatic heterocycles. The predicted molar refractivity (Wildman–Crippen MR) is 73.5 cm³/mol. The highest BCUT2D eigenvalue weighted by Gasteiger charge is 1.92. The van der Waals surface area contributed by atoms with Gasteiger partial charge in [-0.25, -0.2) is 0 Å². The summed E-state index contributed by atoms with van der Waals surface area (Å²) in [6.07, 6.45) is 3.53. The Bertz CT molecular complexity index is 515. The average molecular weight is 241 g/mol. The van der Waals surface area contributed by atoms with Crippen LogP contribution in [0.1, 0.15) is 5.56 Å². The van der Waals surface area contributed by atoms with E-state index in [4.69, 9.17) is 15.2 Å². The van der Waals surface area contributed by atoms with Gasteiger partial charge < -0.3 is 15.2 Å². The summed E-state index contributed by atoms with van der Waals surface area (Å²) in [5.74, 6) is 1.60. The van der Waals surface area contributed by atoms with E-state index in [0.29, 0.717) is 0 Å². The fourth-order valence-corrected chi connectivity index (χ4v) is 1.45. The average Bonchev–Trinajstić information content (AvgIpc) is 2.42. The minimum absolute atomic E-state index is 0.724. The molecule has 2 rings (SSSR count). The third-order valence-electron chi connectivity index (χ3n) is 2.46.